The van der Waals surface area contributed by atoms with E-state index in [4.69, 9.17) is 29.0 Å². The van der Waals surface area contributed by atoms with Crippen LogP contribution in [0.3, 0.4) is 0 Å². The lowest BCUT2D eigenvalue weighted by atomic mass is 9.98. The Kier molecular flexibility index (Phi) is 17.1. The number of aromatic nitrogens is 2. The van der Waals surface area contributed by atoms with Crippen LogP contribution >= 0.6 is 0 Å². The van der Waals surface area contributed by atoms with Crippen molar-refractivity contribution in [3.63, 3.8) is 0 Å². The fraction of sp³-hybridized carbons (Fsp3) is 0.323. The smallest absolute Gasteiger partial charge is 0.424 e. The van der Waals surface area contributed by atoms with Crippen molar-refractivity contribution in [1.29, 1.82) is 0 Å². The van der Waals surface area contributed by atoms with E-state index < -0.39 is 18.2 Å². The summed E-state index contributed by atoms with van der Waals surface area (Å²) < 4.78 is 25.8. The largest absolute Gasteiger partial charge is 0.478 e. The molecule has 0 radical (unpaired) electrons. The van der Waals surface area contributed by atoms with E-state index in [2.05, 4.69) is 58.4 Å². The molecule has 4 amide bonds. The SMILES string of the molecule is CN(Cc1cc2cccnc2n1CCC(=O)N1CCC(N(CCOCCOCCC(=O)Nc2ccc(C(=O)O)cc2)C(=O)OCC2c3ccccc3-c3ccccc32)CC1)N(C)C(=O)OCC1c2ccccc2-c2ccccc21. The Morgan fingerprint density at radius 1 is 0.646 bits per heavy atom. The topological polar surface area (TPSA) is 185 Å². The number of nitrogens with zero attached hydrogens (tertiary/aromatic N) is 6. The zero-order valence-corrected chi connectivity index (χ0v) is 44.5. The van der Waals surface area contributed by atoms with E-state index in [1.54, 1.807) is 23.2 Å². The number of aromatic carboxylic acids is 1. The molecule has 408 valence electrons. The van der Waals surface area contributed by atoms with Crippen LogP contribution in [-0.2, 0) is 41.6 Å². The summed E-state index contributed by atoms with van der Waals surface area (Å²) in [5, 5.41) is 16.1. The maximum atomic E-state index is 14.2. The summed E-state index contributed by atoms with van der Waals surface area (Å²) >= 11 is 0. The summed E-state index contributed by atoms with van der Waals surface area (Å²) in [5.41, 5.74) is 11.4. The zero-order valence-electron chi connectivity index (χ0n) is 44.5. The maximum Gasteiger partial charge on any atom is 0.424 e. The molecule has 3 aliphatic rings. The van der Waals surface area contributed by atoms with Gasteiger partial charge in [0.05, 0.1) is 45.0 Å². The molecule has 0 saturated carbocycles. The summed E-state index contributed by atoms with van der Waals surface area (Å²) in [6.45, 7) is 3.13. The van der Waals surface area contributed by atoms with Crippen LogP contribution in [0.4, 0.5) is 15.3 Å². The number of rotatable bonds is 22. The van der Waals surface area contributed by atoms with Crippen LogP contribution in [0.2, 0.25) is 0 Å². The Balaban J connectivity index is 0.723. The van der Waals surface area contributed by atoms with E-state index in [0.29, 0.717) is 44.7 Å². The number of benzene rings is 5. The highest BCUT2D eigenvalue weighted by molar-refractivity contribution is 5.92. The first kappa shape index (κ1) is 54.0. The summed E-state index contributed by atoms with van der Waals surface area (Å²) in [5.74, 6) is -1.49. The first-order valence-corrected chi connectivity index (χ1v) is 26.9. The zero-order chi connectivity index (χ0) is 54.8. The van der Waals surface area contributed by atoms with Gasteiger partial charge in [-0.15, -0.1) is 0 Å². The number of anilines is 1. The second-order valence-corrected chi connectivity index (χ2v) is 20.1. The Hall–Kier alpha value is -8.38. The molecule has 1 aliphatic heterocycles. The van der Waals surface area contributed by atoms with Crippen molar-refractivity contribution in [2.75, 3.05) is 78.7 Å². The van der Waals surface area contributed by atoms with Crippen molar-refractivity contribution >= 4 is 46.7 Å². The minimum Gasteiger partial charge on any atom is -0.478 e. The van der Waals surface area contributed by atoms with Gasteiger partial charge in [-0.2, -0.15) is 0 Å². The highest BCUT2D eigenvalue weighted by atomic mass is 16.6. The number of hydrogen-bond acceptors (Lipinski definition) is 11. The first-order chi connectivity index (χ1) is 38.5. The van der Waals surface area contributed by atoms with Crippen LogP contribution in [0.5, 0.6) is 0 Å². The fourth-order valence-corrected chi connectivity index (χ4v) is 11.2. The number of hydrogen-bond donors (Lipinski definition) is 2. The van der Waals surface area contributed by atoms with E-state index in [0.717, 1.165) is 61.2 Å². The number of carboxylic acid groups (broad SMARTS) is 1. The molecule has 1 fully saturated rings. The average molecular weight is 1070 g/mol. The average Bonchev–Trinajstić information content (AvgIpc) is 4.15. The molecule has 17 heteroatoms. The number of ether oxygens (including phenoxy) is 4. The number of hydrazine groups is 1. The van der Waals surface area contributed by atoms with Crippen molar-refractivity contribution in [1.82, 2.24) is 29.4 Å². The number of carbonyl (C=O) groups excluding carboxylic acids is 4. The predicted octanol–water partition coefficient (Wildman–Crippen LogP) is 9.66. The molecule has 0 unspecified atom stereocenters. The monoisotopic (exact) mass is 1070 g/mol. The molecule has 2 N–H and O–H groups in total. The Labute approximate surface area is 459 Å². The van der Waals surface area contributed by atoms with Gasteiger partial charge in [0, 0.05) is 87.5 Å². The van der Waals surface area contributed by atoms with Gasteiger partial charge in [0.1, 0.15) is 18.9 Å². The van der Waals surface area contributed by atoms with Gasteiger partial charge < -0.3 is 43.7 Å². The minimum atomic E-state index is -1.04. The molecule has 17 nitrogen and oxygen atoms in total. The van der Waals surface area contributed by atoms with Crippen molar-refractivity contribution in [3.05, 3.63) is 179 Å². The lowest BCUT2D eigenvalue weighted by Gasteiger charge is -2.38. The molecule has 2 aliphatic carbocycles. The number of carboxylic acids is 1. The third-order valence-electron chi connectivity index (χ3n) is 15.4. The van der Waals surface area contributed by atoms with E-state index in [1.807, 2.05) is 78.7 Å². The second kappa shape index (κ2) is 25.0. The van der Waals surface area contributed by atoms with Gasteiger partial charge in [-0.1, -0.05) is 97.1 Å². The first-order valence-electron chi connectivity index (χ1n) is 26.9. The quantitative estimate of drug-likeness (QED) is 0.0485. The van der Waals surface area contributed by atoms with Gasteiger partial charge in [0.15, 0.2) is 0 Å². The molecule has 10 rings (SSSR count). The summed E-state index contributed by atoms with van der Waals surface area (Å²) in [7, 11) is 3.53. The number of aryl methyl sites for hydroxylation is 1. The normalized spacial score (nSPS) is 13.9. The third kappa shape index (κ3) is 12.3. The lowest BCUT2D eigenvalue weighted by Crippen LogP contribution is -2.50. The molecule has 0 spiro atoms. The number of carbonyl (C=O) groups is 5. The molecule has 1 saturated heterocycles. The molecule has 2 aromatic heterocycles. The van der Waals surface area contributed by atoms with Gasteiger partial charge in [0.25, 0.3) is 0 Å². The lowest BCUT2D eigenvalue weighted by molar-refractivity contribution is -0.133. The third-order valence-corrected chi connectivity index (χ3v) is 15.4. The van der Waals surface area contributed by atoms with Crippen molar-refractivity contribution in [2.24, 2.45) is 0 Å². The second-order valence-electron chi connectivity index (χ2n) is 20.1. The van der Waals surface area contributed by atoms with Gasteiger partial charge >= 0.3 is 18.2 Å². The highest BCUT2D eigenvalue weighted by Gasteiger charge is 2.34. The van der Waals surface area contributed by atoms with E-state index in [-0.39, 0.29) is 94.3 Å². The van der Waals surface area contributed by atoms with E-state index in [1.165, 1.54) is 29.3 Å². The predicted molar refractivity (Wildman–Crippen MR) is 298 cm³/mol. The number of likely N-dealkylation sites (tertiary alicyclic amines) is 1. The van der Waals surface area contributed by atoms with E-state index in [9.17, 15) is 24.0 Å². The molecule has 5 aromatic carbocycles. The van der Waals surface area contributed by atoms with Crippen LogP contribution in [0.15, 0.2) is 146 Å². The number of fused-ring (bicyclic) bond motifs is 7. The van der Waals surface area contributed by atoms with Gasteiger partial charge in [-0.3, -0.25) is 9.59 Å². The number of amides is 4. The molecular formula is C62H65N7O10. The number of piperidine rings is 1. The Bertz CT molecular complexity index is 3230. The van der Waals surface area contributed by atoms with Crippen LogP contribution in [0.1, 0.15) is 75.8 Å². The minimum absolute atomic E-state index is 0.00538. The number of nitrogens with one attached hydrogen (secondary N) is 1. The fourth-order valence-electron chi connectivity index (χ4n) is 11.2. The van der Waals surface area contributed by atoms with Crippen LogP contribution in [-0.4, -0.2) is 144 Å². The Morgan fingerprint density at radius 2 is 1.19 bits per heavy atom. The summed E-state index contributed by atoms with van der Waals surface area (Å²) in [6.07, 6.45) is 2.26. The van der Waals surface area contributed by atoms with Crippen molar-refractivity contribution in [3.8, 4) is 22.3 Å². The molecular weight excluding hydrogens is 1000 g/mol. The Morgan fingerprint density at radius 3 is 1.76 bits per heavy atom. The standard InChI is InChI=1S/C62H65N7O10/c1-65(66(2)61(74)78-40-55-51-17-7-3-13-47(51)48-14-4-8-18-52(48)55)39-46-38-43-12-11-29-63-59(43)68(46)32-27-58(71)67-30-25-45(26-31-67)69(62(75)79-41-56-53-19-9-5-15-49(53)50-16-6-10-20-54(50)56)33-35-77-37-36-76-34-28-57(70)64-44-23-21-42(22-24-44)60(72)73/h3-24,29,38,45,55-56H,25-28,30-37,39-41H2,1-2H3,(H,64,70)(H,72,73). The number of pyridine rings is 1. The van der Waals surface area contributed by atoms with Crippen molar-refractivity contribution < 1.29 is 48.0 Å². The molecule has 0 bridgehead atoms. The van der Waals surface area contributed by atoms with Crippen LogP contribution < -0.4 is 5.32 Å². The van der Waals surface area contributed by atoms with Crippen molar-refractivity contribution in [2.45, 2.75) is 56.7 Å². The van der Waals surface area contributed by atoms with Crippen LogP contribution in [0.25, 0.3) is 33.3 Å². The molecule has 0 atom stereocenters. The molecule has 79 heavy (non-hydrogen) atoms. The molecule has 3 heterocycles. The van der Waals surface area contributed by atoms with Crippen LogP contribution in [0, 0.1) is 0 Å². The molecule has 7 aromatic rings. The maximum absolute atomic E-state index is 14.2. The van der Waals surface area contributed by atoms with E-state index >= 15 is 0 Å². The summed E-state index contributed by atoms with van der Waals surface area (Å²) in [6, 6.07) is 44.6. The van der Waals surface area contributed by atoms with Gasteiger partial charge in [0.2, 0.25) is 11.8 Å². The summed E-state index contributed by atoms with van der Waals surface area (Å²) in [4.78, 5) is 73.7. The van der Waals surface area contributed by atoms with Gasteiger partial charge in [-0.05, 0) is 99.8 Å². The highest BCUT2D eigenvalue weighted by Crippen LogP contribution is 2.46. The van der Waals surface area contributed by atoms with Gasteiger partial charge in [-0.25, -0.2) is 29.4 Å².